The minimum absolute atomic E-state index is 0.0148. The number of carbonyl (C=O) groups excluding carboxylic acids is 3. The van der Waals surface area contributed by atoms with Gasteiger partial charge in [0, 0.05) is 57.6 Å². The van der Waals surface area contributed by atoms with Crippen LogP contribution in [0, 0.1) is 6.92 Å². The van der Waals surface area contributed by atoms with Crippen molar-refractivity contribution in [3.8, 4) is 0 Å². The first-order valence-electron chi connectivity index (χ1n) is 14.0. The van der Waals surface area contributed by atoms with Gasteiger partial charge in [-0.3, -0.25) is 14.4 Å². The smallest absolute Gasteiger partial charge is 0.260 e. The summed E-state index contributed by atoms with van der Waals surface area (Å²) in [6, 6.07) is 15.0. The van der Waals surface area contributed by atoms with E-state index in [1.165, 1.54) is 6.42 Å². The number of fused-ring (bicyclic) bond motifs is 2. The van der Waals surface area contributed by atoms with Crippen LogP contribution >= 0.6 is 0 Å². The maximum atomic E-state index is 13.1. The van der Waals surface area contributed by atoms with E-state index < -0.39 is 0 Å². The fourth-order valence-corrected chi connectivity index (χ4v) is 4.95. The Kier molecular flexibility index (Phi) is 9.24. The van der Waals surface area contributed by atoms with Crippen molar-refractivity contribution in [2.45, 2.75) is 27.2 Å². The van der Waals surface area contributed by atoms with Gasteiger partial charge in [0.2, 0.25) is 5.91 Å². The number of nitrogens with two attached hydrogens (primary N) is 1. The summed E-state index contributed by atoms with van der Waals surface area (Å²) in [5.41, 5.74) is 10.8. The summed E-state index contributed by atoms with van der Waals surface area (Å²) >= 11 is 0. The van der Waals surface area contributed by atoms with E-state index in [2.05, 4.69) is 24.1 Å². The van der Waals surface area contributed by atoms with E-state index in [0.29, 0.717) is 48.8 Å². The van der Waals surface area contributed by atoms with E-state index in [0.717, 1.165) is 22.6 Å². The molecule has 0 aliphatic carbocycles. The van der Waals surface area contributed by atoms with E-state index in [4.69, 9.17) is 5.73 Å². The maximum absolute atomic E-state index is 13.1. The van der Waals surface area contributed by atoms with E-state index in [-0.39, 0.29) is 24.3 Å². The molecule has 0 bridgehead atoms. The van der Waals surface area contributed by atoms with Crippen molar-refractivity contribution in [3.05, 3.63) is 71.4 Å². The minimum Gasteiger partial charge on any atom is -0.342 e. The summed E-state index contributed by atoms with van der Waals surface area (Å²) in [7, 11) is 3.69. The number of nitrogens with zero attached hydrogens (tertiary/aromatic N) is 5. The molecule has 3 amide bonds. The summed E-state index contributed by atoms with van der Waals surface area (Å²) in [6.07, 6.45) is 2.94. The SMILES string of the molecule is CCC.Cc1cc(C(=O)N2CCN(C(=O)CN)CC2)ccc1Nc1cc2c(cn1)N(C)C(=O)c1ccccc1N2C. The third kappa shape index (κ3) is 6.17. The summed E-state index contributed by atoms with van der Waals surface area (Å²) in [6.45, 7) is 8.12. The average molecular weight is 558 g/mol. The highest BCUT2D eigenvalue weighted by molar-refractivity contribution is 6.13. The van der Waals surface area contributed by atoms with Gasteiger partial charge in [-0.1, -0.05) is 32.4 Å². The Bertz CT molecular complexity index is 1430. The molecule has 3 N–H and O–H groups in total. The molecule has 3 aromatic rings. The van der Waals surface area contributed by atoms with Crippen molar-refractivity contribution < 1.29 is 14.4 Å². The Balaban J connectivity index is 0.00000124. The van der Waals surface area contributed by atoms with Crippen LogP contribution in [0.3, 0.4) is 0 Å². The highest BCUT2D eigenvalue weighted by Crippen LogP contribution is 2.40. The molecule has 0 saturated carbocycles. The predicted molar refractivity (Wildman–Crippen MR) is 163 cm³/mol. The number of anilines is 5. The number of carbonyl (C=O) groups is 3. The van der Waals surface area contributed by atoms with Crippen molar-refractivity contribution in [2.75, 3.05) is 61.9 Å². The number of hydrogen-bond donors (Lipinski definition) is 2. The molecule has 0 unspecified atom stereocenters. The number of pyridine rings is 1. The van der Waals surface area contributed by atoms with Gasteiger partial charge in [0.1, 0.15) is 5.82 Å². The lowest BCUT2D eigenvalue weighted by Crippen LogP contribution is -2.51. The van der Waals surface area contributed by atoms with Crippen LogP contribution in [0.15, 0.2) is 54.7 Å². The van der Waals surface area contributed by atoms with E-state index in [9.17, 15) is 14.4 Å². The molecule has 1 fully saturated rings. The number of amides is 3. The normalized spacial score (nSPS) is 14.4. The molecule has 1 aromatic heterocycles. The van der Waals surface area contributed by atoms with Crippen LogP contribution in [0.1, 0.15) is 46.5 Å². The molecule has 0 atom stereocenters. The second kappa shape index (κ2) is 12.8. The molecule has 2 aromatic carbocycles. The number of aromatic nitrogens is 1. The number of para-hydroxylation sites is 1. The van der Waals surface area contributed by atoms with Gasteiger partial charge in [0.05, 0.1) is 35.4 Å². The topological polar surface area (TPSA) is 115 Å². The molecule has 2 aliphatic heterocycles. The second-order valence-electron chi connectivity index (χ2n) is 10.2. The highest BCUT2D eigenvalue weighted by atomic mass is 16.2. The zero-order valence-corrected chi connectivity index (χ0v) is 24.5. The third-order valence-electron chi connectivity index (χ3n) is 7.22. The molecule has 5 rings (SSSR count). The third-order valence-corrected chi connectivity index (χ3v) is 7.22. The molecule has 41 heavy (non-hydrogen) atoms. The monoisotopic (exact) mass is 557 g/mol. The van der Waals surface area contributed by atoms with Gasteiger partial charge < -0.3 is 30.7 Å². The molecular formula is C31H39N7O3. The fourth-order valence-electron chi connectivity index (χ4n) is 4.95. The van der Waals surface area contributed by atoms with Gasteiger partial charge in [-0.2, -0.15) is 0 Å². The van der Waals surface area contributed by atoms with Crippen molar-refractivity contribution in [1.29, 1.82) is 0 Å². The maximum Gasteiger partial charge on any atom is 0.260 e. The minimum atomic E-state index is -0.0940. The van der Waals surface area contributed by atoms with E-state index >= 15 is 0 Å². The molecule has 1 saturated heterocycles. The quantitative estimate of drug-likeness (QED) is 0.495. The molecule has 2 aliphatic rings. The molecule has 10 heteroatoms. The Morgan fingerprint density at radius 2 is 1.56 bits per heavy atom. The first kappa shape index (κ1) is 29.5. The summed E-state index contributed by atoms with van der Waals surface area (Å²) in [4.78, 5) is 49.6. The number of hydrogen-bond acceptors (Lipinski definition) is 7. The first-order valence-corrected chi connectivity index (χ1v) is 14.0. The highest BCUT2D eigenvalue weighted by Gasteiger charge is 2.28. The lowest BCUT2D eigenvalue weighted by atomic mass is 10.1. The first-order chi connectivity index (χ1) is 19.7. The Morgan fingerprint density at radius 1 is 0.902 bits per heavy atom. The largest absolute Gasteiger partial charge is 0.342 e. The molecule has 0 radical (unpaired) electrons. The Labute approximate surface area is 241 Å². The molecule has 0 spiro atoms. The number of nitrogens with one attached hydrogen (secondary N) is 1. The van der Waals surface area contributed by atoms with Crippen LogP contribution in [-0.2, 0) is 4.79 Å². The van der Waals surface area contributed by atoms with Gasteiger partial charge in [-0.05, 0) is 42.8 Å². The molecular weight excluding hydrogens is 518 g/mol. The molecule has 216 valence electrons. The van der Waals surface area contributed by atoms with Crippen LogP contribution < -0.4 is 20.9 Å². The van der Waals surface area contributed by atoms with Crippen LogP contribution in [0.25, 0.3) is 0 Å². The number of piperazine rings is 1. The number of aryl methyl sites for hydroxylation is 1. The summed E-state index contributed by atoms with van der Waals surface area (Å²) in [5, 5.41) is 3.36. The van der Waals surface area contributed by atoms with Crippen LogP contribution in [0.2, 0.25) is 0 Å². The van der Waals surface area contributed by atoms with E-state index in [1.807, 2.05) is 61.3 Å². The lowest BCUT2D eigenvalue weighted by molar-refractivity contribution is -0.131. The molecule has 10 nitrogen and oxygen atoms in total. The summed E-state index contributed by atoms with van der Waals surface area (Å²) < 4.78 is 0. The van der Waals surface area contributed by atoms with Crippen molar-refractivity contribution in [2.24, 2.45) is 5.73 Å². The lowest BCUT2D eigenvalue weighted by Gasteiger charge is -2.34. The van der Waals surface area contributed by atoms with E-state index in [1.54, 1.807) is 34.0 Å². The molecule has 3 heterocycles. The summed E-state index contributed by atoms with van der Waals surface area (Å²) in [5.74, 6) is 0.384. The van der Waals surface area contributed by atoms with Crippen molar-refractivity contribution in [3.63, 3.8) is 0 Å². The standard InChI is InChI=1S/C28H31N7O3.C3H8/c1-18-14-19(27(37)35-12-10-34(11-13-35)26(36)16-29)8-9-21(18)31-25-15-23-24(17-30-25)33(3)28(38)20-6-4-5-7-22(20)32(23)2;1-3-2/h4-9,14-15,17H,10-13,16,29H2,1-3H3,(H,30,31);3H2,1-2H3. The van der Waals surface area contributed by atoms with Crippen LogP contribution in [-0.4, -0.2) is 79.3 Å². The Morgan fingerprint density at radius 3 is 2.22 bits per heavy atom. The van der Waals surface area contributed by atoms with Crippen molar-refractivity contribution in [1.82, 2.24) is 14.8 Å². The van der Waals surface area contributed by atoms with Gasteiger partial charge in [0.15, 0.2) is 0 Å². The Hall–Kier alpha value is -4.44. The zero-order chi connectivity index (χ0) is 29.7. The number of benzene rings is 2. The average Bonchev–Trinajstić information content (AvgIpc) is 3.07. The van der Waals surface area contributed by atoms with Crippen molar-refractivity contribution >= 4 is 46.3 Å². The van der Waals surface area contributed by atoms with Crippen LogP contribution in [0.4, 0.5) is 28.6 Å². The van der Waals surface area contributed by atoms with Crippen LogP contribution in [0.5, 0.6) is 0 Å². The van der Waals surface area contributed by atoms with Gasteiger partial charge in [0.25, 0.3) is 11.8 Å². The fraction of sp³-hybridized carbons (Fsp3) is 0.355. The zero-order valence-electron chi connectivity index (χ0n) is 24.5. The number of rotatable bonds is 4. The second-order valence-corrected chi connectivity index (χ2v) is 10.2. The van der Waals surface area contributed by atoms with Gasteiger partial charge in [-0.25, -0.2) is 4.98 Å². The van der Waals surface area contributed by atoms with Gasteiger partial charge in [-0.15, -0.1) is 0 Å². The van der Waals surface area contributed by atoms with Gasteiger partial charge >= 0.3 is 0 Å². The predicted octanol–water partition coefficient (Wildman–Crippen LogP) is 4.15.